The van der Waals surface area contributed by atoms with E-state index in [2.05, 4.69) is 19.2 Å². The summed E-state index contributed by atoms with van der Waals surface area (Å²) >= 11 is 0. The van der Waals surface area contributed by atoms with Crippen LogP contribution in [0.1, 0.15) is 39.5 Å². The lowest BCUT2D eigenvalue weighted by molar-refractivity contribution is 0.0408. The molecule has 0 heterocycles. The van der Waals surface area contributed by atoms with Gasteiger partial charge in [0.2, 0.25) is 0 Å². The first kappa shape index (κ1) is 12.9. The molecule has 0 bridgehead atoms. The zero-order valence-electron chi connectivity index (χ0n) is 10.4. The monoisotopic (exact) mass is 214 g/mol. The van der Waals surface area contributed by atoms with Crippen molar-refractivity contribution in [2.75, 3.05) is 20.2 Å². The van der Waals surface area contributed by atoms with Gasteiger partial charge >= 0.3 is 0 Å². The van der Waals surface area contributed by atoms with Gasteiger partial charge in [-0.25, -0.2) is 0 Å². The Balaban J connectivity index is 2.24. The van der Waals surface area contributed by atoms with Crippen molar-refractivity contribution in [3.8, 4) is 0 Å². The van der Waals surface area contributed by atoms with E-state index in [1.807, 2.05) is 0 Å². The van der Waals surface area contributed by atoms with Crippen LogP contribution >= 0.6 is 0 Å². The minimum Gasteiger partial charge on any atom is -0.380 e. The second kappa shape index (κ2) is 5.83. The molecule has 90 valence electrons. The molecule has 1 aliphatic rings. The van der Waals surface area contributed by atoms with E-state index in [0.717, 1.165) is 12.5 Å². The highest BCUT2D eigenvalue weighted by atomic mass is 16.5. The second-order valence-corrected chi connectivity index (χ2v) is 5.01. The van der Waals surface area contributed by atoms with E-state index in [1.165, 1.54) is 25.7 Å². The molecule has 3 nitrogen and oxygen atoms in total. The van der Waals surface area contributed by atoms with Crippen LogP contribution in [-0.4, -0.2) is 31.8 Å². The van der Waals surface area contributed by atoms with E-state index in [1.54, 1.807) is 7.11 Å². The maximum absolute atomic E-state index is 5.80. The number of nitrogens with one attached hydrogen (secondary N) is 1. The van der Waals surface area contributed by atoms with Crippen LogP contribution in [0.25, 0.3) is 0 Å². The summed E-state index contributed by atoms with van der Waals surface area (Å²) in [5.41, 5.74) is 5.72. The predicted octanol–water partition coefficient (Wildman–Crippen LogP) is 1.52. The maximum atomic E-state index is 5.80. The van der Waals surface area contributed by atoms with Crippen molar-refractivity contribution in [1.29, 1.82) is 0 Å². The maximum Gasteiger partial charge on any atom is 0.0734 e. The molecule has 0 saturated heterocycles. The molecule has 0 spiro atoms. The third-order valence-corrected chi connectivity index (χ3v) is 3.98. The van der Waals surface area contributed by atoms with Gasteiger partial charge in [-0.1, -0.05) is 19.3 Å². The second-order valence-electron chi connectivity index (χ2n) is 5.01. The van der Waals surface area contributed by atoms with Gasteiger partial charge in [0.25, 0.3) is 0 Å². The van der Waals surface area contributed by atoms with Crippen LogP contribution in [0.4, 0.5) is 0 Å². The molecule has 1 fully saturated rings. The van der Waals surface area contributed by atoms with Gasteiger partial charge in [-0.05, 0) is 32.7 Å². The summed E-state index contributed by atoms with van der Waals surface area (Å²) in [6, 6.07) is 0. The zero-order chi connectivity index (χ0) is 11.3. The number of rotatable bonds is 7. The molecular formula is C12H26N2O. The first-order valence-electron chi connectivity index (χ1n) is 6.10. The van der Waals surface area contributed by atoms with E-state index in [4.69, 9.17) is 10.5 Å². The van der Waals surface area contributed by atoms with Gasteiger partial charge in [-0.2, -0.15) is 0 Å². The van der Waals surface area contributed by atoms with Crippen LogP contribution in [-0.2, 0) is 4.74 Å². The third kappa shape index (κ3) is 3.44. The molecule has 15 heavy (non-hydrogen) atoms. The minimum atomic E-state index is -0.0848. The fraction of sp³-hybridized carbons (Fsp3) is 1.00. The molecule has 1 aliphatic carbocycles. The molecule has 0 aromatic heterocycles. The number of nitrogens with two attached hydrogens (primary N) is 1. The summed E-state index contributed by atoms with van der Waals surface area (Å²) in [5.74, 6) is 0.956. The predicted molar refractivity (Wildman–Crippen MR) is 63.9 cm³/mol. The van der Waals surface area contributed by atoms with Gasteiger partial charge in [0.05, 0.1) is 11.6 Å². The SMILES string of the molecule is COC(C)C(C)(CN)NCCC1CCC1. The van der Waals surface area contributed by atoms with Crippen LogP contribution in [0, 0.1) is 5.92 Å². The summed E-state index contributed by atoms with van der Waals surface area (Å²) in [5, 5.41) is 3.55. The van der Waals surface area contributed by atoms with Crippen LogP contribution in [0.5, 0.6) is 0 Å². The van der Waals surface area contributed by atoms with Gasteiger partial charge in [-0.3, -0.25) is 0 Å². The lowest BCUT2D eigenvalue weighted by atomic mass is 9.83. The summed E-state index contributed by atoms with van der Waals surface area (Å²) in [4.78, 5) is 0. The van der Waals surface area contributed by atoms with Crippen molar-refractivity contribution in [1.82, 2.24) is 5.32 Å². The Morgan fingerprint density at radius 2 is 2.20 bits per heavy atom. The van der Waals surface area contributed by atoms with Crippen molar-refractivity contribution in [3.05, 3.63) is 0 Å². The molecule has 1 saturated carbocycles. The van der Waals surface area contributed by atoms with E-state index in [-0.39, 0.29) is 11.6 Å². The first-order valence-corrected chi connectivity index (χ1v) is 6.10. The van der Waals surface area contributed by atoms with E-state index in [9.17, 15) is 0 Å². The Bertz CT molecular complexity index is 182. The average molecular weight is 214 g/mol. The van der Waals surface area contributed by atoms with Crippen LogP contribution in [0.2, 0.25) is 0 Å². The van der Waals surface area contributed by atoms with Crippen LogP contribution in [0.3, 0.4) is 0 Å². The summed E-state index contributed by atoms with van der Waals surface area (Å²) in [6.45, 7) is 5.89. The van der Waals surface area contributed by atoms with Crippen molar-refractivity contribution < 1.29 is 4.74 Å². The molecule has 0 radical (unpaired) electrons. The number of hydrogen-bond acceptors (Lipinski definition) is 3. The number of ether oxygens (including phenoxy) is 1. The van der Waals surface area contributed by atoms with Gasteiger partial charge in [0.15, 0.2) is 0 Å². The Kier molecular flexibility index (Phi) is 5.03. The lowest BCUT2D eigenvalue weighted by Gasteiger charge is -2.36. The van der Waals surface area contributed by atoms with E-state index < -0.39 is 0 Å². The molecular weight excluding hydrogens is 188 g/mol. The smallest absolute Gasteiger partial charge is 0.0734 e. The summed E-state index contributed by atoms with van der Waals surface area (Å²) in [7, 11) is 1.74. The lowest BCUT2D eigenvalue weighted by Crippen LogP contribution is -2.57. The van der Waals surface area contributed by atoms with Gasteiger partial charge in [-0.15, -0.1) is 0 Å². The van der Waals surface area contributed by atoms with Crippen molar-refractivity contribution in [2.24, 2.45) is 11.7 Å². The van der Waals surface area contributed by atoms with Crippen molar-refractivity contribution in [2.45, 2.75) is 51.2 Å². The molecule has 2 atom stereocenters. The summed E-state index contributed by atoms with van der Waals surface area (Å²) in [6.07, 6.45) is 5.70. The molecule has 0 aromatic rings. The quantitative estimate of drug-likeness (QED) is 0.675. The highest BCUT2D eigenvalue weighted by molar-refractivity contribution is 4.90. The Morgan fingerprint density at radius 3 is 2.60 bits per heavy atom. The Morgan fingerprint density at radius 1 is 1.53 bits per heavy atom. The Labute approximate surface area is 93.8 Å². The highest BCUT2D eigenvalue weighted by Gasteiger charge is 2.29. The largest absolute Gasteiger partial charge is 0.380 e. The van der Waals surface area contributed by atoms with E-state index in [0.29, 0.717) is 6.54 Å². The van der Waals surface area contributed by atoms with Crippen LogP contribution in [0.15, 0.2) is 0 Å². The van der Waals surface area contributed by atoms with Crippen molar-refractivity contribution >= 4 is 0 Å². The number of hydrogen-bond donors (Lipinski definition) is 2. The standard InChI is InChI=1S/C12H26N2O/c1-10(15-3)12(2,9-13)14-8-7-11-5-4-6-11/h10-11,14H,4-9,13H2,1-3H3. The topological polar surface area (TPSA) is 47.3 Å². The Hall–Kier alpha value is -0.120. The van der Waals surface area contributed by atoms with Crippen LogP contribution < -0.4 is 11.1 Å². The number of methoxy groups -OCH3 is 1. The summed E-state index contributed by atoms with van der Waals surface area (Å²) < 4.78 is 5.36. The first-order chi connectivity index (χ1) is 7.12. The molecule has 0 aromatic carbocycles. The molecule has 0 amide bonds. The minimum absolute atomic E-state index is 0.0848. The molecule has 3 N–H and O–H groups in total. The highest BCUT2D eigenvalue weighted by Crippen LogP contribution is 2.29. The van der Waals surface area contributed by atoms with E-state index >= 15 is 0 Å². The normalized spacial score (nSPS) is 23.2. The van der Waals surface area contributed by atoms with Gasteiger partial charge < -0.3 is 15.8 Å². The molecule has 3 heteroatoms. The third-order valence-electron chi connectivity index (χ3n) is 3.98. The molecule has 2 unspecified atom stereocenters. The average Bonchev–Trinajstić information content (AvgIpc) is 2.20. The van der Waals surface area contributed by atoms with Gasteiger partial charge in [0, 0.05) is 13.7 Å². The van der Waals surface area contributed by atoms with Gasteiger partial charge in [0.1, 0.15) is 0 Å². The molecule has 1 rings (SSSR count). The fourth-order valence-electron chi connectivity index (χ4n) is 1.99. The van der Waals surface area contributed by atoms with Crippen molar-refractivity contribution in [3.63, 3.8) is 0 Å². The molecule has 0 aliphatic heterocycles. The fourth-order valence-corrected chi connectivity index (χ4v) is 1.99. The zero-order valence-corrected chi connectivity index (χ0v) is 10.4.